The van der Waals surface area contributed by atoms with Crippen molar-refractivity contribution >= 4 is 31.6 Å². The van der Waals surface area contributed by atoms with E-state index >= 15 is 0 Å². The quantitative estimate of drug-likeness (QED) is 0.482. The molecule has 0 rings (SSSR count). The second kappa shape index (κ2) is 8.04. The summed E-state index contributed by atoms with van der Waals surface area (Å²) in [7, 11) is -3.70. The summed E-state index contributed by atoms with van der Waals surface area (Å²) in [6.45, 7) is 2.35. The largest absolute Gasteiger partial charge is 0.507 e. The van der Waals surface area contributed by atoms with Crippen LogP contribution in [-0.4, -0.2) is 6.61 Å². The topological polar surface area (TPSA) is 44.8 Å². The molecule has 0 N–H and O–H groups in total. The summed E-state index contributed by atoms with van der Waals surface area (Å²) in [5, 5.41) is 0. The zero-order chi connectivity index (χ0) is 10.2. The molecule has 0 atom stereocenters. The molecule has 0 bridgehead atoms. The molecule has 0 unspecified atom stereocenters. The van der Waals surface area contributed by atoms with Crippen LogP contribution in [-0.2, 0) is 17.2 Å². The lowest BCUT2D eigenvalue weighted by Crippen LogP contribution is -1.93. The van der Waals surface area contributed by atoms with Crippen molar-refractivity contribution in [3.8, 4) is 0 Å². The average molecular weight is 251 g/mol. The third-order valence-corrected chi connectivity index (χ3v) is 3.27. The van der Waals surface area contributed by atoms with Crippen LogP contribution in [0.5, 0.6) is 0 Å². The molecule has 0 radical (unpaired) electrons. The van der Waals surface area contributed by atoms with E-state index in [9.17, 15) is 4.57 Å². The van der Waals surface area contributed by atoms with Crippen molar-refractivity contribution in [1.29, 1.82) is 0 Å². The molecule has 4 nitrogen and oxygen atoms in total. The van der Waals surface area contributed by atoms with Gasteiger partial charge in [-0.15, -0.1) is 0 Å². The fourth-order valence-electron chi connectivity index (χ4n) is 0.756. The second-order valence-electron chi connectivity index (χ2n) is 2.48. The van der Waals surface area contributed by atoms with E-state index in [0.717, 1.165) is 25.7 Å². The first-order valence-electron chi connectivity index (χ1n) is 4.03. The van der Waals surface area contributed by atoms with E-state index in [0.29, 0.717) is 0 Å². The highest BCUT2D eigenvalue weighted by Gasteiger charge is 2.25. The van der Waals surface area contributed by atoms with Gasteiger partial charge in [-0.05, 0) is 6.42 Å². The molecule has 80 valence electrons. The van der Waals surface area contributed by atoms with Crippen LogP contribution in [0.25, 0.3) is 0 Å². The van der Waals surface area contributed by atoms with Gasteiger partial charge in [-0.1, -0.05) is 26.2 Å². The van der Waals surface area contributed by atoms with Crippen LogP contribution < -0.4 is 0 Å². The van der Waals surface area contributed by atoms with Gasteiger partial charge >= 0.3 is 7.82 Å². The van der Waals surface area contributed by atoms with E-state index in [2.05, 4.69) is 15.1 Å². The molecule has 0 aromatic heterocycles. The first kappa shape index (κ1) is 13.7. The molecule has 0 heterocycles. The van der Waals surface area contributed by atoms with Gasteiger partial charge in [0.05, 0.1) is 30.3 Å². The summed E-state index contributed by atoms with van der Waals surface area (Å²) in [5.74, 6) is 0. The first-order chi connectivity index (χ1) is 6.18. The van der Waals surface area contributed by atoms with Crippen LogP contribution in [0.2, 0.25) is 0 Å². The van der Waals surface area contributed by atoms with Crippen molar-refractivity contribution in [2.24, 2.45) is 0 Å². The van der Waals surface area contributed by atoms with Crippen LogP contribution >= 0.6 is 31.6 Å². The van der Waals surface area contributed by atoms with E-state index in [1.165, 1.54) is 0 Å². The van der Waals surface area contributed by atoms with Crippen LogP contribution in [0.3, 0.4) is 0 Å². The lowest BCUT2D eigenvalue weighted by molar-refractivity contribution is 0.215. The SMILES string of the molecule is CCCCCCOP(=O)(OCl)OCl. The van der Waals surface area contributed by atoms with Gasteiger partial charge in [0.2, 0.25) is 0 Å². The van der Waals surface area contributed by atoms with E-state index in [4.69, 9.17) is 28.3 Å². The lowest BCUT2D eigenvalue weighted by Gasteiger charge is -2.08. The van der Waals surface area contributed by atoms with E-state index < -0.39 is 7.82 Å². The molecule has 0 saturated heterocycles. The Kier molecular flexibility index (Phi) is 8.46. The van der Waals surface area contributed by atoms with Gasteiger partial charge < -0.3 is 0 Å². The maximum atomic E-state index is 11.1. The Labute approximate surface area is 88.4 Å². The second-order valence-corrected chi connectivity index (χ2v) is 4.74. The molecule has 7 heteroatoms. The number of hydrogen-bond donors (Lipinski definition) is 0. The Bertz CT molecular complexity index is 159. The van der Waals surface area contributed by atoms with Gasteiger partial charge in [-0.3, -0.25) is 4.52 Å². The highest BCUT2D eigenvalue weighted by molar-refractivity contribution is 7.50. The van der Waals surface area contributed by atoms with Crippen molar-refractivity contribution in [2.45, 2.75) is 32.6 Å². The molecule has 0 aliphatic rings. The molecule has 0 spiro atoms. The summed E-state index contributed by atoms with van der Waals surface area (Å²) in [5.41, 5.74) is 0. The first-order valence-corrected chi connectivity index (χ1v) is 6.11. The predicted molar refractivity (Wildman–Crippen MR) is 51.6 cm³/mol. The summed E-state index contributed by atoms with van der Waals surface area (Å²) >= 11 is 9.70. The Morgan fingerprint density at radius 1 is 1.15 bits per heavy atom. The predicted octanol–water partition coefficient (Wildman–Crippen LogP) is 4.03. The fraction of sp³-hybridized carbons (Fsp3) is 1.00. The number of unbranched alkanes of at least 4 members (excludes halogenated alkanes) is 3. The number of rotatable bonds is 8. The van der Waals surface area contributed by atoms with Crippen LogP contribution in [0.15, 0.2) is 0 Å². The van der Waals surface area contributed by atoms with Crippen molar-refractivity contribution in [3.05, 3.63) is 0 Å². The lowest BCUT2D eigenvalue weighted by atomic mass is 10.2. The van der Waals surface area contributed by atoms with E-state index in [-0.39, 0.29) is 6.61 Å². The van der Waals surface area contributed by atoms with Crippen molar-refractivity contribution < 1.29 is 17.2 Å². The average Bonchev–Trinajstić information content (AvgIpc) is 2.17. The molecule has 0 saturated carbocycles. The monoisotopic (exact) mass is 250 g/mol. The minimum absolute atomic E-state index is 0.261. The van der Waals surface area contributed by atoms with Gasteiger partial charge in [0.1, 0.15) is 0 Å². The highest BCUT2D eigenvalue weighted by atomic mass is 35.5. The maximum absolute atomic E-state index is 11.1. The molecule has 0 amide bonds. The van der Waals surface area contributed by atoms with E-state index in [1.807, 2.05) is 0 Å². The molecule has 0 aliphatic heterocycles. The number of phosphoric acid groups is 1. The van der Waals surface area contributed by atoms with Gasteiger partial charge in [-0.25, -0.2) is 4.57 Å². The van der Waals surface area contributed by atoms with Gasteiger partial charge in [0.15, 0.2) is 0 Å². The summed E-state index contributed by atoms with van der Waals surface area (Å²) < 4.78 is 23.7. The Balaban J connectivity index is 3.45. The minimum Gasteiger partial charge on any atom is -0.285 e. The molecule has 0 aromatic carbocycles. The molecular formula is C6H13Cl2O4P. The third kappa shape index (κ3) is 6.72. The minimum atomic E-state index is -3.70. The molecule has 13 heavy (non-hydrogen) atoms. The van der Waals surface area contributed by atoms with Crippen molar-refractivity contribution in [1.82, 2.24) is 0 Å². The fourth-order valence-corrected chi connectivity index (χ4v) is 1.70. The molecule has 0 aliphatic carbocycles. The number of halogens is 2. The summed E-state index contributed by atoms with van der Waals surface area (Å²) in [6, 6.07) is 0. The Morgan fingerprint density at radius 3 is 2.23 bits per heavy atom. The normalized spacial score (nSPS) is 11.9. The Morgan fingerprint density at radius 2 is 1.77 bits per heavy atom. The molecule has 0 fully saturated rings. The summed E-state index contributed by atoms with van der Waals surface area (Å²) in [6.07, 6.45) is 4.01. The van der Waals surface area contributed by atoms with Crippen LogP contribution in [0, 0.1) is 0 Å². The number of hydrogen-bond acceptors (Lipinski definition) is 4. The van der Waals surface area contributed by atoms with Crippen molar-refractivity contribution in [2.75, 3.05) is 6.61 Å². The van der Waals surface area contributed by atoms with Gasteiger partial charge in [0.25, 0.3) is 0 Å². The Hall–Kier alpha value is 0.690. The van der Waals surface area contributed by atoms with Gasteiger partial charge in [-0.2, -0.15) is 8.15 Å². The zero-order valence-corrected chi connectivity index (χ0v) is 9.78. The molecular weight excluding hydrogens is 238 g/mol. The highest BCUT2D eigenvalue weighted by Crippen LogP contribution is 2.51. The maximum Gasteiger partial charge on any atom is 0.507 e. The van der Waals surface area contributed by atoms with Crippen LogP contribution in [0.1, 0.15) is 32.6 Å². The standard InChI is InChI=1S/C6H13Cl2O4P/c1-2-3-4-5-6-10-13(9,11-7)12-8/h2-6H2,1H3. The van der Waals surface area contributed by atoms with Gasteiger partial charge in [0, 0.05) is 0 Å². The smallest absolute Gasteiger partial charge is 0.285 e. The van der Waals surface area contributed by atoms with Crippen LogP contribution in [0.4, 0.5) is 0 Å². The summed E-state index contributed by atoms with van der Waals surface area (Å²) in [4.78, 5) is 0. The van der Waals surface area contributed by atoms with E-state index in [1.54, 1.807) is 0 Å². The third-order valence-electron chi connectivity index (χ3n) is 1.42. The van der Waals surface area contributed by atoms with Crippen molar-refractivity contribution in [3.63, 3.8) is 0 Å². The zero-order valence-electron chi connectivity index (χ0n) is 7.37. The molecule has 0 aromatic rings.